The summed E-state index contributed by atoms with van der Waals surface area (Å²) in [4.78, 5) is 26.2. The second-order valence-corrected chi connectivity index (χ2v) is 6.03. The molecule has 1 aliphatic heterocycles. The van der Waals surface area contributed by atoms with Crippen LogP contribution in [-0.4, -0.2) is 42.6 Å². The van der Waals surface area contributed by atoms with E-state index in [4.69, 9.17) is 4.74 Å². The molecule has 0 aromatic carbocycles. The summed E-state index contributed by atoms with van der Waals surface area (Å²) in [5.74, 6) is 0.329. The number of ether oxygens (including phenoxy) is 1. The summed E-state index contributed by atoms with van der Waals surface area (Å²) >= 11 is 0. The molecule has 1 aliphatic carbocycles. The van der Waals surface area contributed by atoms with Crippen LogP contribution in [0.4, 0.5) is 4.79 Å². The van der Waals surface area contributed by atoms with E-state index in [2.05, 4.69) is 12.2 Å². The number of nitrogens with one attached hydrogen (secondary N) is 1. The van der Waals surface area contributed by atoms with Gasteiger partial charge in [0.25, 0.3) is 0 Å². The normalized spacial score (nSPS) is 25.3. The fraction of sp³-hybridized carbons (Fsp3) is 0.867. The average molecular weight is 282 g/mol. The lowest BCUT2D eigenvalue weighted by Crippen LogP contribution is -2.53. The zero-order valence-electron chi connectivity index (χ0n) is 12.6. The summed E-state index contributed by atoms with van der Waals surface area (Å²) in [5, 5.41) is 2.78. The molecule has 2 amide bonds. The van der Waals surface area contributed by atoms with Gasteiger partial charge in [0.1, 0.15) is 6.04 Å². The number of rotatable bonds is 3. The number of carbonyl (C=O) groups is 2. The molecule has 20 heavy (non-hydrogen) atoms. The predicted octanol–water partition coefficient (Wildman–Crippen LogP) is 2.30. The Bertz CT molecular complexity index is 353. The van der Waals surface area contributed by atoms with Crippen molar-refractivity contribution in [2.75, 3.05) is 13.7 Å². The summed E-state index contributed by atoms with van der Waals surface area (Å²) in [6.07, 6.45) is 7.17. The molecule has 1 saturated carbocycles. The minimum absolute atomic E-state index is 0.0762. The number of carbonyl (C=O) groups excluding carboxylic acids is 2. The van der Waals surface area contributed by atoms with Crippen LogP contribution in [0.1, 0.15) is 51.9 Å². The van der Waals surface area contributed by atoms with Crippen molar-refractivity contribution in [1.82, 2.24) is 10.2 Å². The lowest BCUT2D eigenvalue weighted by atomic mass is 9.83. The second kappa shape index (κ2) is 6.95. The maximum atomic E-state index is 12.8. The van der Waals surface area contributed by atoms with Crippen LogP contribution in [0.25, 0.3) is 0 Å². The number of nitrogens with zero attached hydrogens (tertiary/aromatic N) is 1. The molecule has 1 N–H and O–H groups in total. The minimum atomic E-state index is -0.499. The highest BCUT2D eigenvalue weighted by Gasteiger charge is 2.36. The first-order valence-electron chi connectivity index (χ1n) is 7.78. The first kappa shape index (κ1) is 15.1. The lowest BCUT2D eigenvalue weighted by Gasteiger charge is -2.33. The standard InChI is InChI=1S/C15H26N2O3/c1-11-7-6-10-17(11)14(18)13(16-15(19)20-2)12-8-4-3-5-9-12/h11-13H,3-10H2,1-2H3,(H,16,19)/t11-,13+/m1/s1. The number of alkyl carbamates (subject to hydrolysis) is 1. The molecule has 2 fully saturated rings. The molecule has 2 aliphatic rings. The van der Waals surface area contributed by atoms with E-state index in [9.17, 15) is 9.59 Å². The van der Waals surface area contributed by atoms with Gasteiger partial charge in [0.05, 0.1) is 7.11 Å². The van der Waals surface area contributed by atoms with Gasteiger partial charge in [-0.05, 0) is 38.5 Å². The highest BCUT2D eigenvalue weighted by molar-refractivity contribution is 5.86. The molecule has 1 heterocycles. The van der Waals surface area contributed by atoms with Gasteiger partial charge in [-0.1, -0.05) is 19.3 Å². The maximum Gasteiger partial charge on any atom is 0.407 e. The van der Waals surface area contributed by atoms with E-state index >= 15 is 0 Å². The molecular weight excluding hydrogens is 256 g/mol. The van der Waals surface area contributed by atoms with Gasteiger partial charge >= 0.3 is 6.09 Å². The average Bonchev–Trinajstić information content (AvgIpc) is 2.91. The first-order chi connectivity index (χ1) is 9.63. The van der Waals surface area contributed by atoms with Crippen LogP contribution in [0, 0.1) is 5.92 Å². The van der Waals surface area contributed by atoms with Crippen molar-refractivity contribution in [3.05, 3.63) is 0 Å². The molecule has 0 radical (unpaired) electrons. The van der Waals surface area contributed by atoms with Crippen molar-refractivity contribution >= 4 is 12.0 Å². The van der Waals surface area contributed by atoms with E-state index in [1.807, 2.05) is 4.90 Å². The quantitative estimate of drug-likeness (QED) is 0.864. The Kier molecular flexibility index (Phi) is 5.26. The van der Waals surface area contributed by atoms with Gasteiger partial charge in [0.15, 0.2) is 0 Å². The molecular formula is C15H26N2O3. The van der Waals surface area contributed by atoms with Crippen LogP contribution < -0.4 is 5.32 Å². The predicted molar refractivity (Wildman–Crippen MR) is 76.3 cm³/mol. The monoisotopic (exact) mass is 282 g/mol. The second-order valence-electron chi connectivity index (χ2n) is 6.03. The molecule has 5 heteroatoms. The van der Waals surface area contributed by atoms with E-state index in [0.717, 1.165) is 45.1 Å². The highest BCUT2D eigenvalue weighted by Crippen LogP contribution is 2.29. The smallest absolute Gasteiger partial charge is 0.407 e. The van der Waals surface area contributed by atoms with Crippen molar-refractivity contribution in [2.45, 2.75) is 64.0 Å². The topological polar surface area (TPSA) is 58.6 Å². The molecule has 0 bridgehead atoms. The van der Waals surface area contributed by atoms with E-state index in [1.54, 1.807) is 0 Å². The fourth-order valence-electron chi connectivity index (χ4n) is 3.47. The van der Waals surface area contributed by atoms with Crippen LogP contribution >= 0.6 is 0 Å². The molecule has 5 nitrogen and oxygen atoms in total. The Morgan fingerprint density at radius 2 is 1.85 bits per heavy atom. The summed E-state index contributed by atoms with van der Waals surface area (Å²) in [5.41, 5.74) is 0. The van der Waals surface area contributed by atoms with Crippen LogP contribution in [0.15, 0.2) is 0 Å². The first-order valence-corrected chi connectivity index (χ1v) is 7.78. The van der Waals surface area contributed by atoms with Crippen molar-refractivity contribution in [3.63, 3.8) is 0 Å². The van der Waals surface area contributed by atoms with Gasteiger partial charge in [-0.3, -0.25) is 4.79 Å². The third-order valence-electron chi connectivity index (χ3n) is 4.68. The van der Waals surface area contributed by atoms with Gasteiger partial charge in [-0.15, -0.1) is 0 Å². The van der Waals surface area contributed by atoms with Gasteiger partial charge in [-0.2, -0.15) is 0 Å². The SMILES string of the molecule is COC(=O)N[C@H](C(=O)N1CCC[C@H]1C)C1CCCCC1. The Morgan fingerprint density at radius 3 is 2.40 bits per heavy atom. The van der Waals surface area contributed by atoms with Crippen molar-refractivity contribution in [2.24, 2.45) is 5.92 Å². The van der Waals surface area contributed by atoms with Crippen LogP contribution in [0.3, 0.4) is 0 Å². The van der Waals surface area contributed by atoms with Gasteiger partial charge < -0.3 is 15.0 Å². The van der Waals surface area contributed by atoms with Crippen molar-refractivity contribution in [3.8, 4) is 0 Å². The molecule has 0 unspecified atom stereocenters. The van der Waals surface area contributed by atoms with Crippen LogP contribution in [0.5, 0.6) is 0 Å². The minimum Gasteiger partial charge on any atom is -0.453 e. The molecule has 1 saturated heterocycles. The van der Waals surface area contributed by atoms with Gasteiger partial charge in [0, 0.05) is 12.6 Å². The van der Waals surface area contributed by atoms with Gasteiger partial charge in [0.2, 0.25) is 5.91 Å². The van der Waals surface area contributed by atoms with E-state index in [-0.39, 0.29) is 17.9 Å². The summed E-state index contributed by atoms with van der Waals surface area (Å²) < 4.78 is 4.69. The third-order valence-corrected chi connectivity index (χ3v) is 4.68. The highest BCUT2D eigenvalue weighted by atomic mass is 16.5. The molecule has 0 spiro atoms. The Labute approximate surface area is 121 Å². The van der Waals surface area contributed by atoms with Gasteiger partial charge in [-0.25, -0.2) is 4.79 Å². The van der Waals surface area contributed by atoms with Crippen LogP contribution in [-0.2, 0) is 9.53 Å². The Hall–Kier alpha value is -1.26. The number of amides is 2. The molecule has 114 valence electrons. The number of methoxy groups -OCH3 is 1. The van der Waals surface area contributed by atoms with Crippen molar-refractivity contribution < 1.29 is 14.3 Å². The fourth-order valence-corrected chi connectivity index (χ4v) is 3.47. The zero-order valence-corrected chi connectivity index (χ0v) is 12.6. The number of likely N-dealkylation sites (tertiary alicyclic amines) is 1. The maximum absolute atomic E-state index is 12.8. The van der Waals surface area contributed by atoms with E-state index in [1.165, 1.54) is 13.5 Å². The molecule has 0 aromatic rings. The largest absolute Gasteiger partial charge is 0.453 e. The summed E-state index contributed by atoms with van der Waals surface area (Å²) in [6, 6.07) is -0.128. The van der Waals surface area contributed by atoms with E-state index < -0.39 is 12.1 Å². The van der Waals surface area contributed by atoms with Crippen molar-refractivity contribution in [1.29, 1.82) is 0 Å². The lowest BCUT2D eigenvalue weighted by molar-refractivity contribution is -0.135. The molecule has 0 aromatic heterocycles. The Balaban J connectivity index is 2.07. The van der Waals surface area contributed by atoms with E-state index in [0.29, 0.717) is 0 Å². The number of hydrogen-bond acceptors (Lipinski definition) is 3. The Morgan fingerprint density at radius 1 is 1.15 bits per heavy atom. The molecule has 2 rings (SSSR count). The molecule has 2 atom stereocenters. The number of hydrogen-bond donors (Lipinski definition) is 1. The summed E-state index contributed by atoms with van der Waals surface area (Å²) in [7, 11) is 1.34. The third kappa shape index (κ3) is 3.44. The zero-order chi connectivity index (χ0) is 14.5. The van der Waals surface area contributed by atoms with Crippen LogP contribution in [0.2, 0.25) is 0 Å². The summed E-state index contributed by atoms with van der Waals surface area (Å²) in [6.45, 7) is 2.90.